The number of ether oxygens (including phenoxy) is 1. The minimum Gasteiger partial charge on any atom is -0.870 e. The first kappa shape index (κ1) is 17.5. The van der Waals surface area contributed by atoms with Crippen molar-refractivity contribution >= 4 is 21.9 Å². The first-order valence-corrected chi connectivity index (χ1v) is 5.48. The van der Waals surface area contributed by atoms with Crippen LogP contribution in [0.4, 0.5) is 0 Å². The average molecular weight is 328 g/mol. The number of pyridine rings is 1. The zero-order valence-corrected chi connectivity index (χ0v) is 14.1. The molecule has 17 heavy (non-hydrogen) atoms. The molecule has 0 aromatic carbocycles. The number of carboxylic acid groups (broad SMARTS) is 1. The fourth-order valence-corrected chi connectivity index (χ4v) is 1.59. The average Bonchev–Trinajstić information content (AvgIpc) is 2.99. The van der Waals surface area contributed by atoms with E-state index in [2.05, 4.69) is 20.9 Å². The molecule has 1 saturated carbocycles. The SMILES string of the molecule is O=C(O)c1cnc(OCC2CC2)c(Br)c1.[K+].[OH-]. The number of carboxylic acids is 1. The second kappa shape index (κ2) is 7.83. The number of aromatic carboxylic acids is 1. The first-order valence-electron chi connectivity index (χ1n) is 4.68. The van der Waals surface area contributed by atoms with Gasteiger partial charge in [-0.3, -0.25) is 0 Å². The Morgan fingerprint density at radius 2 is 2.24 bits per heavy atom. The van der Waals surface area contributed by atoms with Crippen LogP contribution in [0.2, 0.25) is 0 Å². The van der Waals surface area contributed by atoms with Gasteiger partial charge in [0.25, 0.3) is 0 Å². The number of rotatable bonds is 4. The molecule has 0 radical (unpaired) electrons. The van der Waals surface area contributed by atoms with Crippen molar-refractivity contribution in [3.63, 3.8) is 0 Å². The molecular weight excluding hydrogens is 317 g/mol. The van der Waals surface area contributed by atoms with Gasteiger partial charge in [-0.2, -0.15) is 0 Å². The molecule has 0 atom stereocenters. The second-order valence-electron chi connectivity index (χ2n) is 3.57. The first-order chi connectivity index (χ1) is 7.16. The summed E-state index contributed by atoms with van der Waals surface area (Å²) in [5, 5.41) is 8.73. The van der Waals surface area contributed by atoms with Crippen LogP contribution in [-0.2, 0) is 0 Å². The third kappa shape index (κ3) is 5.33. The molecule has 0 amide bonds. The summed E-state index contributed by atoms with van der Waals surface area (Å²) in [6, 6.07) is 1.50. The fraction of sp³-hybridized carbons (Fsp3) is 0.400. The number of aromatic nitrogens is 1. The van der Waals surface area contributed by atoms with E-state index in [0.717, 1.165) is 0 Å². The molecule has 2 rings (SSSR count). The van der Waals surface area contributed by atoms with E-state index < -0.39 is 5.97 Å². The van der Waals surface area contributed by atoms with Crippen molar-refractivity contribution in [2.24, 2.45) is 5.92 Å². The van der Waals surface area contributed by atoms with E-state index in [-0.39, 0.29) is 62.4 Å². The predicted octanol–water partition coefficient (Wildman–Crippen LogP) is -0.842. The molecule has 0 unspecified atom stereocenters. The van der Waals surface area contributed by atoms with Gasteiger partial charge in [0, 0.05) is 6.20 Å². The van der Waals surface area contributed by atoms with E-state index in [4.69, 9.17) is 9.84 Å². The molecule has 0 saturated heterocycles. The molecule has 88 valence electrons. The minimum absolute atomic E-state index is 0. The summed E-state index contributed by atoms with van der Waals surface area (Å²) in [6.07, 6.45) is 3.73. The topological polar surface area (TPSA) is 89.4 Å². The molecule has 1 fully saturated rings. The summed E-state index contributed by atoms with van der Waals surface area (Å²) in [7, 11) is 0. The van der Waals surface area contributed by atoms with Gasteiger partial charge in [0.05, 0.1) is 16.6 Å². The summed E-state index contributed by atoms with van der Waals surface area (Å²) in [6.45, 7) is 0.665. The summed E-state index contributed by atoms with van der Waals surface area (Å²) in [5.74, 6) is 0.127. The summed E-state index contributed by atoms with van der Waals surface area (Å²) < 4.78 is 6.03. The molecule has 2 N–H and O–H groups in total. The van der Waals surface area contributed by atoms with Crippen LogP contribution in [0, 0.1) is 5.92 Å². The van der Waals surface area contributed by atoms with Crippen LogP contribution in [0.25, 0.3) is 0 Å². The molecular formula is C10H11BrKNO4. The van der Waals surface area contributed by atoms with Crippen LogP contribution in [-0.4, -0.2) is 28.1 Å². The summed E-state index contributed by atoms with van der Waals surface area (Å²) in [5.41, 5.74) is 0.153. The minimum atomic E-state index is -0.989. The molecule has 1 aliphatic carbocycles. The number of hydrogen-bond donors (Lipinski definition) is 1. The number of hydrogen-bond acceptors (Lipinski definition) is 4. The van der Waals surface area contributed by atoms with Gasteiger partial charge in [-0.1, -0.05) is 0 Å². The van der Waals surface area contributed by atoms with Crippen molar-refractivity contribution in [2.75, 3.05) is 6.61 Å². The number of nitrogens with zero attached hydrogens (tertiary/aromatic N) is 1. The van der Waals surface area contributed by atoms with Crippen molar-refractivity contribution in [2.45, 2.75) is 12.8 Å². The van der Waals surface area contributed by atoms with Gasteiger partial charge in [-0.15, -0.1) is 0 Å². The smallest absolute Gasteiger partial charge is 0.870 e. The zero-order valence-electron chi connectivity index (χ0n) is 9.39. The van der Waals surface area contributed by atoms with Crippen LogP contribution in [0.3, 0.4) is 0 Å². The maximum atomic E-state index is 10.6. The second-order valence-corrected chi connectivity index (χ2v) is 4.42. The molecule has 0 bridgehead atoms. The normalized spacial score (nSPS) is 13.2. The Morgan fingerprint density at radius 3 is 2.71 bits per heavy atom. The Morgan fingerprint density at radius 1 is 1.59 bits per heavy atom. The van der Waals surface area contributed by atoms with Crippen LogP contribution in [0.5, 0.6) is 5.88 Å². The largest absolute Gasteiger partial charge is 1.00 e. The molecule has 1 aliphatic rings. The Labute approximate surface area is 150 Å². The Bertz CT molecular complexity index is 398. The molecule has 1 heterocycles. The molecule has 0 spiro atoms. The van der Waals surface area contributed by atoms with Crippen molar-refractivity contribution in [1.29, 1.82) is 0 Å². The molecule has 7 heteroatoms. The van der Waals surface area contributed by atoms with Crippen LogP contribution >= 0.6 is 15.9 Å². The van der Waals surface area contributed by atoms with Gasteiger partial charge in [-0.25, -0.2) is 9.78 Å². The maximum Gasteiger partial charge on any atom is 1.00 e. The monoisotopic (exact) mass is 327 g/mol. The van der Waals surface area contributed by atoms with E-state index in [0.29, 0.717) is 22.9 Å². The summed E-state index contributed by atoms with van der Waals surface area (Å²) in [4.78, 5) is 14.6. The Hall–Kier alpha value is 0.496. The van der Waals surface area contributed by atoms with Gasteiger partial charge in [-0.05, 0) is 40.8 Å². The standard InChI is InChI=1S/C10H10BrNO3.K.H2O/c11-8-3-7(10(13)14)4-12-9(8)15-5-6-1-2-6;;/h3-4,6H,1-2,5H2,(H,13,14);;1H2/q;+1;/p-1. The summed E-state index contributed by atoms with van der Waals surface area (Å²) >= 11 is 3.24. The van der Waals surface area contributed by atoms with Crippen LogP contribution in [0.15, 0.2) is 16.7 Å². The Balaban J connectivity index is 0.00000128. The van der Waals surface area contributed by atoms with E-state index in [1.54, 1.807) is 0 Å². The van der Waals surface area contributed by atoms with Gasteiger partial charge in [0.2, 0.25) is 5.88 Å². The third-order valence-corrected chi connectivity index (χ3v) is 2.78. The fourth-order valence-electron chi connectivity index (χ4n) is 1.13. The third-order valence-electron chi connectivity index (χ3n) is 2.21. The number of carbonyl (C=O) groups is 1. The van der Waals surface area contributed by atoms with Gasteiger partial charge < -0.3 is 15.3 Å². The quantitative estimate of drug-likeness (QED) is 0.728. The maximum absolute atomic E-state index is 10.6. The van der Waals surface area contributed by atoms with Gasteiger partial charge in [0.15, 0.2) is 0 Å². The van der Waals surface area contributed by atoms with E-state index in [1.165, 1.54) is 25.1 Å². The van der Waals surface area contributed by atoms with Crippen molar-refractivity contribution < 1.29 is 71.5 Å². The van der Waals surface area contributed by atoms with Crippen LogP contribution in [0.1, 0.15) is 23.2 Å². The molecule has 5 nitrogen and oxygen atoms in total. The zero-order chi connectivity index (χ0) is 10.8. The van der Waals surface area contributed by atoms with Crippen molar-refractivity contribution in [3.8, 4) is 5.88 Å². The van der Waals surface area contributed by atoms with Crippen LogP contribution < -0.4 is 56.1 Å². The van der Waals surface area contributed by atoms with E-state index in [9.17, 15) is 4.79 Å². The molecule has 0 aliphatic heterocycles. The van der Waals surface area contributed by atoms with Crippen molar-refractivity contribution in [3.05, 3.63) is 22.3 Å². The van der Waals surface area contributed by atoms with E-state index in [1.807, 2.05) is 0 Å². The Kier molecular flexibility index (Phi) is 8.06. The van der Waals surface area contributed by atoms with Crippen molar-refractivity contribution in [1.82, 2.24) is 4.98 Å². The molecule has 1 aromatic heterocycles. The number of halogens is 1. The predicted molar refractivity (Wildman–Crippen MR) is 59.1 cm³/mol. The van der Waals surface area contributed by atoms with Gasteiger partial charge >= 0.3 is 57.4 Å². The molecule has 1 aromatic rings. The van der Waals surface area contributed by atoms with Gasteiger partial charge in [0.1, 0.15) is 0 Å². The van der Waals surface area contributed by atoms with E-state index >= 15 is 0 Å².